The van der Waals surface area contributed by atoms with Crippen LogP contribution in [0.3, 0.4) is 0 Å². The Bertz CT molecular complexity index is 668. The maximum atomic E-state index is 5.97. The second kappa shape index (κ2) is 5.19. The number of rotatable bonds is 2. The summed E-state index contributed by atoms with van der Waals surface area (Å²) in [7, 11) is 0. The molecule has 0 aliphatic carbocycles. The fourth-order valence-corrected chi connectivity index (χ4v) is 2.88. The molecule has 3 rings (SSSR count). The molecule has 1 aromatic heterocycles. The maximum Gasteiger partial charge on any atom is 0.114 e. The summed E-state index contributed by atoms with van der Waals surface area (Å²) in [5, 5.41) is 0. The van der Waals surface area contributed by atoms with Gasteiger partial charge in [-0.05, 0) is 25.0 Å². The summed E-state index contributed by atoms with van der Waals surface area (Å²) in [6, 6.07) is 8.24. The minimum absolute atomic E-state index is 0.497. The van der Waals surface area contributed by atoms with Crippen LogP contribution in [0, 0.1) is 5.92 Å². The highest BCUT2D eigenvalue weighted by Crippen LogP contribution is 2.31. The number of hydrogen-bond donors (Lipinski definition) is 1. The van der Waals surface area contributed by atoms with Crippen molar-refractivity contribution in [1.82, 2.24) is 9.55 Å². The van der Waals surface area contributed by atoms with Crippen LogP contribution in [0.15, 0.2) is 34.3 Å². The van der Waals surface area contributed by atoms with Crippen LogP contribution in [0.2, 0.25) is 0 Å². The number of imidazole rings is 1. The number of hydrogen-bond acceptors (Lipinski definition) is 2. The summed E-state index contributed by atoms with van der Waals surface area (Å²) in [5.41, 5.74) is 10.6. The Morgan fingerprint density at radius 3 is 2.70 bits per heavy atom. The van der Waals surface area contributed by atoms with Gasteiger partial charge in [0, 0.05) is 29.2 Å². The molecule has 0 unspecified atom stereocenters. The smallest absolute Gasteiger partial charge is 0.114 e. The second-order valence-corrected chi connectivity index (χ2v) is 6.30. The molecule has 0 bridgehead atoms. The molecular weight excluding hydrogens is 314 g/mol. The Labute approximate surface area is 127 Å². The number of nitrogens with two attached hydrogens (primary N) is 1. The summed E-state index contributed by atoms with van der Waals surface area (Å²) in [4.78, 5) is 4.83. The maximum absolute atomic E-state index is 5.97. The minimum Gasteiger partial charge on any atom is -0.325 e. The van der Waals surface area contributed by atoms with Crippen LogP contribution in [0.1, 0.15) is 25.4 Å². The van der Waals surface area contributed by atoms with Crippen LogP contribution in [0.25, 0.3) is 17.5 Å². The normalized spacial score (nSPS) is 17.8. The van der Waals surface area contributed by atoms with E-state index in [0.717, 1.165) is 33.7 Å². The molecule has 2 heterocycles. The molecule has 0 amide bonds. The molecule has 0 fully saturated rings. The highest BCUT2D eigenvalue weighted by Gasteiger charge is 2.22. The molecule has 20 heavy (non-hydrogen) atoms. The summed E-state index contributed by atoms with van der Waals surface area (Å²) in [6.45, 7) is 4.91. The Morgan fingerprint density at radius 1 is 1.35 bits per heavy atom. The molecule has 104 valence electrons. The van der Waals surface area contributed by atoms with E-state index in [1.54, 1.807) is 0 Å². The molecule has 2 N–H and O–H groups in total. The quantitative estimate of drug-likeness (QED) is 0.908. The molecule has 0 spiro atoms. The first-order chi connectivity index (χ1) is 9.60. The zero-order chi connectivity index (χ0) is 14.3. The van der Waals surface area contributed by atoms with Crippen molar-refractivity contribution in [3.8, 4) is 11.3 Å². The topological polar surface area (TPSA) is 43.8 Å². The van der Waals surface area contributed by atoms with E-state index in [2.05, 4.69) is 52.7 Å². The van der Waals surface area contributed by atoms with Crippen LogP contribution in [0.4, 0.5) is 0 Å². The molecule has 4 heteroatoms. The SMILES string of the molecule is CC1=Cn2c(nc(-c3ccc(Br)cc3)c2CN)C[C@@H]1C. The third kappa shape index (κ3) is 2.23. The van der Waals surface area contributed by atoms with Gasteiger partial charge in [0.25, 0.3) is 0 Å². The zero-order valence-electron chi connectivity index (χ0n) is 11.7. The molecule has 1 aromatic carbocycles. The summed E-state index contributed by atoms with van der Waals surface area (Å²) < 4.78 is 3.25. The molecule has 1 aliphatic heterocycles. The number of nitrogens with zero attached hydrogens (tertiary/aromatic N) is 2. The van der Waals surface area contributed by atoms with Crippen molar-refractivity contribution in [3.05, 3.63) is 45.8 Å². The molecule has 0 saturated carbocycles. The zero-order valence-corrected chi connectivity index (χ0v) is 13.3. The first-order valence-corrected chi connectivity index (χ1v) is 7.63. The van der Waals surface area contributed by atoms with Gasteiger partial charge in [-0.15, -0.1) is 0 Å². The van der Waals surface area contributed by atoms with Crippen molar-refractivity contribution < 1.29 is 0 Å². The standard InChI is InChI=1S/C16H18BrN3/c1-10-7-15-19-16(12-3-5-13(17)6-4-12)14(8-18)20(15)9-11(10)2/h3-6,9-10H,7-8,18H2,1-2H3/t10-/m0/s1. The summed E-state index contributed by atoms with van der Waals surface area (Å²) in [6.07, 6.45) is 3.16. The van der Waals surface area contributed by atoms with Gasteiger partial charge in [0.1, 0.15) is 5.82 Å². The monoisotopic (exact) mass is 331 g/mol. The van der Waals surface area contributed by atoms with Crippen LogP contribution in [0.5, 0.6) is 0 Å². The number of halogens is 1. The minimum atomic E-state index is 0.497. The van der Waals surface area contributed by atoms with E-state index in [4.69, 9.17) is 10.7 Å². The van der Waals surface area contributed by atoms with Crippen molar-refractivity contribution in [2.24, 2.45) is 11.7 Å². The molecule has 0 radical (unpaired) electrons. The largest absolute Gasteiger partial charge is 0.325 e. The Hall–Kier alpha value is -1.39. The number of benzene rings is 1. The van der Waals surface area contributed by atoms with E-state index in [1.165, 1.54) is 5.57 Å². The summed E-state index contributed by atoms with van der Waals surface area (Å²) in [5.74, 6) is 1.66. The molecular formula is C16H18BrN3. The van der Waals surface area contributed by atoms with E-state index >= 15 is 0 Å². The molecule has 0 saturated heterocycles. The Balaban J connectivity index is 2.14. The van der Waals surface area contributed by atoms with Crippen molar-refractivity contribution >= 4 is 22.1 Å². The lowest BCUT2D eigenvalue weighted by Crippen LogP contribution is -2.15. The summed E-state index contributed by atoms with van der Waals surface area (Å²) >= 11 is 3.47. The van der Waals surface area contributed by atoms with Gasteiger partial charge in [-0.3, -0.25) is 0 Å². The lowest BCUT2D eigenvalue weighted by atomic mass is 9.97. The van der Waals surface area contributed by atoms with Gasteiger partial charge in [-0.1, -0.05) is 40.6 Å². The van der Waals surface area contributed by atoms with Gasteiger partial charge >= 0.3 is 0 Å². The first kappa shape index (κ1) is 13.6. The van der Waals surface area contributed by atoms with Crippen molar-refractivity contribution in [2.75, 3.05) is 0 Å². The average molecular weight is 332 g/mol. The number of allylic oxidation sites excluding steroid dienone is 1. The van der Waals surface area contributed by atoms with Gasteiger partial charge in [-0.25, -0.2) is 4.98 Å². The Kier molecular flexibility index (Phi) is 3.52. The third-order valence-corrected chi connectivity index (χ3v) is 4.52. The van der Waals surface area contributed by atoms with Gasteiger partial charge in [0.2, 0.25) is 0 Å². The predicted molar refractivity (Wildman–Crippen MR) is 86.1 cm³/mol. The van der Waals surface area contributed by atoms with E-state index < -0.39 is 0 Å². The second-order valence-electron chi connectivity index (χ2n) is 5.38. The van der Waals surface area contributed by atoms with Gasteiger partial charge < -0.3 is 10.3 Å². The third-order valence-electron chi connectivity index (χ3n) is 3.99. The predicted octanol–water partition coefficient (Wildman–Crippen LogP) is 3.82. The van der Waals surface area contributed by atoms with Crippen LogP contribution < -0.4 is 5.73 Å². The van der Waals surface area contributed by atoms with Crippen molar-refractivity contribution in [3.63, 3.8) is 0 Å². The first-order valence-electron chi connectivity index (χ1n) is 6.84. The average Bonchev–Trinajstić information content (AvgIpc) is 2.78. The number of fused-ring (bicyclic) bond motifs is 1. The van der Waals surface area contributed by atoms with E-state index in [0.29, 0.717) is 12.5 Å². The van der Waals surface area contributed by atoms with E-state index in [-0.39, 0.29) is 0 Å². The highest BCUT2D eigenvalue weighted by atomic mass is 79.9. The van der Waals surface area contributed by atoms with E-state index in [1.807, 2.05) is 12.1 Å². The van der Waals surface area contributed by atoms with Gasteiger partial charge in [0.05, 0.1) is 11.4 Å². The molecule has 2 aromatic rings. The van der Waals surface area contributed by atoms with Crippen molar-refractivity contribution in [1.29, 1.82) is 0 Å². The lowest BCUT2D eigenvalue weighted by Gasteiger charge is -2.19. The highest BCUT2D eigenvalue weighted by molar-refractivity contribution is 9.10. The fraction of sp³-hybridized carbons (Fsp3) is 0.312. The molecule has 3 nitrogen and oxygen atoms in total. The van der Waals surface area contributed by atoms with Gasteiger partial charge in [0.15, 0.2) is 0 Å². The van der Waals surface area contributed by atoms with Gasteiger partial charge in [-0.2, -0.15) is 0 Å². The molecule has 1 aliphatic rings. The molecule has 1 atom stereocenters. The fourth-order valence-electron chi connectivity index (χ4n) is 2.61. The van der Waals surface area contributed by atoms with Crippen LogP contribution in [-0.2, 0) is 13.0 Å². The van der Waals surface area contributed by atoms with Crippen molar-refractivity contribution in [2.45, 2.75) is 26.8 Å². The Morgan fingerprint density at radius 2 is 2.05 bits per heavy atom. The van der Waals surface area contributed by atoms with Crippen LogP contribution >= 0.6 is 15.9 Å². The lowest BCUT2D eigenvalue weighted by molar-refractivity contribution is 0.619. The van der Waals surface area contributed by atoms with E-state index in [9.17, 15) is 0 Å². The number of aromatic nitrogens is 2. The van der Waals surface area contributed by atoms with Crippen LogP contribution in [-0.4, -0.2) is 9.55 Å².